The first-order chi connectivity index (χ1) is 9.36. The molecule has 20 heavy (non-hydrogen) atoms. The average Bonchev–Trinajstić information content (AvgIpc) is 2.62. The van der Waals surface area contributed by atoms with Crippen molar-refractivity contribution in [2.45, 2.75) is 58.9 Å². The van der Waals surface area contributed by atoms with Crippen LogP contribution in [-0.2, 0) is 13.5 Å². The van der Waals surface area contributed by atoms with Crippen LogP contribution in [0.5, 0.6) is 0 Å². The molecule has 1 aliphatic rings. The summed E-state index contributed by atoms with van der Waals surface area (Å²) < 4.78 is 1.94. The van der Waals surface area contributed by atoms with Crippen molar-refractivity contribution >= 4 is 11.6 Å². The third kappa shape index (κ3) is 3.04. The van der Waals surface area contributed by atoms with Gasteiger partial charge in [-0.15, -0.1) is 0 Å². The quantitative estimate of drug-likeness (QED) is 0.918. The predicted octanol–water partition coefficient (Wildman–Crippen LogP) is 3.73. The average molecular weight is 298 g/mol. The number of rotatable bonds is 4. The lowest BCUT2D eigenvalue weighted by molar-refractivity contribution is 0.100. The highest BCUT2D eigenvalue weighted by atomic mass is 35.5. The Kier molecular flexibility index (Phi) is 4.80. The number of nitrogens with one attached hydrogen (secondary N) is 1. The lowest BCUT2D eigenvalue weighted by atomic mass is 9.65. The van der Waals surface area contributed by atoms with Gasteiger partial charge in [-0.1, -0.05) is 38.3 Å². The molecule has 2 atom stereocenters. The maximum atomic E-state index is 6.41. The minimum absolute atomic E-state index is 0.409. The van der Waals surface area contributed by atoms with Crippen LogP contribution in [0.3, 0.4) is 0 Å². The van der Waals surface area contributed by atoms with Gasteiger partial charge in [0.15, 0.2) is 0 Å². The first-order valence-corrected chi connectivity index (χ1v) is 8.10. The molecule has 0 amide bonds. The van der Waals surface area contributed by atoms with E-state index in [0.29, 0.717) is 17.4 Å². The minimum Gasteiger partial charge on any atom is -0.316 e. The largest absolute Gasteiger partial charge is 0.316 e. The molecule has 1 aromatic rings. The Bertz CT molecular complexity index is 465. The summed E-state index contributed by atoms with van der Waals surface area (Å²) in [6.07, 6.45) is 6.32. The molecule has 0 saturated heterocycles. The van der Waals surface area contributed by atoms with Gasteiger partial charge in [0.05, 0.1) is 16.4 Å². The van der Waals surface area contributed by atoms with Crippen molar-refractivity contribution in [1.82, 2.24) is 15.1 Å². The first kappa shape index (κ1) is 15.8. The second-order valence-electron chi connectivity index (χ2n) is 6.91. The topological polar surface area (TPSA) is 29.9 Å². The molecular weight excluding hydrogens is 270 g/mol. The summed E-state index contributed by atoms with van der Waals surface area (Å²) in [5, 5.41) is 8.81. The molecule has 1 fully saturated rings. The maximum Gasteiger partial charge on any atom is 0.0847 e. The van der Waals surface area contributed by atoms with E-state index in [1.807, 2.05) is 18.7 Å². The number of aromatic nitrogens is 2. The van der Waals surface area contributed by atoms with Crippen LogP contribution in [0.4, 0.5) is 0 Å². The molecule has 0 aliphatic heterocycles. The van der Waals surface area contributed by atoms with Crippen LogP contribution in [0.25, 0.3) is 0 Å². The molecule has 0 spiro atoms. The van der Waals surface area contributed by atoms with Crippen LogP contribution in [0.1, 0.15) is 50.9 Å². The fourth-order valence-electron chi connectivity index (χ4n) is 3.82. The zero-order valence-electron chi connectivity index (χ0n) is 13.5. The van der Waals surface area contributed by atoms with E-state index >= 15 is 0 Å². The molecule has 1 aromatic heterocycles. The van der Waals surface area contributed by atoms with Crippen LogP contribution in [0.2, 0.25) is 5.02 Å². The summed E-state index contributed by atoms with van der Waals surface area (Å²) in [6.45, 7) is 6.80. The molecular formula is C16H28ClN3. The molecule has 2 rings (SSSR count). The molecule has 4 heteroatoms. The minimum atomic E-state index is 0.409. The molecule has 1 saturated carbocycles. The highest BCUT2D eigenvalue weighted by Gasteiger charge is 2.37. The summed E-state index contributed by atoms with van der Waals surface area (Å²) in [7, 11) is 4.07. The first-order valence-electron chi connectivity index (χ1n) is 7.72. The normalized spacial score (nSPS) is 23.8. The number of aryl methyl sites for hydroxylation is 2. The van der Waals surface area contributed by atoms with Crippen LogP contribution < -0.4 is 5.32 Å². The summed E-state index contributed by atoms with van der Waals surface area (Å²) >= 11 is 6.41. The number of likely N-dealkylation sites (N-methyl/N-ethyl adjacent to an activating group) is 1. The fraction of sp³-hybridized carbons (Fsp3) is 0.812. The van der Waals surface area contributed by atoms with E-state index in [1.165, 1.54) is 25.7 Å². The van der Waals surface area contributed by atoms with E-state index < -0.39 is 0 Å². The third-order valence-electron chi connectivity index (χ3n) is 5.12. The molecule has 0 bridgehead atoms. The molecule has 1 heterocycles. The highest BCUT2D eigenvalue weighted by Crippen LogP contribution is 2.43. The Morgan fingerprint density at radius 3 is 2.65 bits per heavy atom. The molecule has 3 nitrogen and oxygen atoms in total. The van der Waals surface area contributed by atoms with Crippen molar-refractivity contribution in [1.29, 1.82) is 0 Å². The second kappa shape index (κ2) is 6.07. The van der Waals surface area contributed by atoms with Crippen molar-refractivity contribution in [3.63, 3.8) is 0 Å². The maximum absolute atomic E-state index is 6.41. The molecule has 1 N–H and O–H groups in total. The predicted molar refractivity (Wildman–Crippen MR) is 85.2 cm³/mol. The Morgan fingerprint density at radius 1 is 1.45 bits per heavy atom. The molecule has 1 aliphatic carbocycles. The van der Waals surface area contributed by atoms with Crippen LogP contribution in [-0.4, -0.2) is 22.9 Å². The Morgan fingerprint density at radius 2 is 2.15 bits per heavy atom. The van der Waals surface area contributed by atoms with Crippen LogP contribution in [0, 0.1) is 18.3 Å². The van der Waals surface area contributed by atoms with E-state index in [2.05, 4.69) is 31.3 Å². The van der Waals surface area contributed by atoms with Crippen molar-refractivity contribution in [3.8, 4) is 0 Å². The van der Waals surface area contributed by atoms with Gasteiger partial charge in [-0.05, 0) is 38.1 Å². The fourth-order valence-corrected chi connectivity index (χ4v) is 4.06. The van der Waals surface area contributed by atoms with Crippen LogP contribution >= 0.6 is 11.6 Å². The van der Waals surface area contributed by atoms with Gasteiger partial charge >= 0.3 is 0 Å². The summed E-state index contributed by atoms with van der Waals surface area (Å²) in [5.41, 5.74) is 2.50. The summed E-state index contributed by atoms with van der Waals surface area (Å²) in [5.74, 6) is 0.701. The number of hydrogen-bond donors (Lipinski definition) is 1. The molecule has 2 unspecified atom stereocenters. The smallest absolute Gasteiger partial charge is 0.0847 e. The van der Waals surface area contributed by atoms with Crippen molar-refractivity contribution in [2.75, 3.05) is 7.05 Å². The van der Waals surface area contributed by atoms with Gasteiger partial charge in [-0.25, -0.2) is 0 Å². The van der Waals surface area contributed by atoms with Gasteiger partial charge in [0, 0.05) is 19.5 Å². The number of nitrogens with zero attached hydrogens (tertiary/aromatic N) is 2. The SMILES string of the molecule is CNC(Cc1c(Cl)c(C)nn1C)C1CCCCC1(C)C. The van der Waals surface area contributed by atoms with E-state index in [0.717, 1.165) is 22.8 Å². The zero-order valence-corrected chi connectivity index (χ0v) is 14.2. The van der Waals surface area contributed by atoms with Gasteiger partial charge in [0.25, 0.3) is 0 Å². The number of halogens is 1. The van der Waals surface area contributed by atoms with E-state index in [1.54, 1.807) is 0 Å². The van der Waals surface area contributed by atoms with Gasteiger partial charge in [0.2, 0.25) is 0 Å². The van der Waals surface area contributed by atoms with Gasteiger partial charge in [0.1, 0.15) is 0 Å². The second-order valence-corrected chi connectivity index (χ2v) is 7.29. The van der Waals surface area contributed by atoms with E-state index in [-0.39, 0.29) is 0 Å². The zero-order chi connectivity index (χ0) is 14.9. The molecule has 0 radical (unpaired) electrons. The Hall–Kier alpha value is -0.540. The summed E-state index contributed by atoms with van der Waals surface area (Å²) in [6, 6.07) is 0.470. The van der Waals surface area contributed by atoms with E-state index in [9.17, 15) is 0 Å². The Labute approximate surface area is 128 Å². The van der Waals surface area contributed by atoms with Gasteiger partial charge < -0.3 is 5.32 Å². The standard InChI is InChI=1S/C16H28ClN3/c1-11-15(17)14(20(5)19-11)10-13(18-4)12-8-6-7-9-16(12,2)3/h12-13,18H,6-10H2,1-5H3. The lowest BCUT2D eigenvalue weighted by Gasteiger charge is -2.43. The lowest BCUT2D eigenvalue weighted by Crippen LogP contribution is -2.45. The van der Waals surface area contributed by atoms with Crippen LogP contribution in [0.15, 0.2) is 0 Å². The van der Waals surface area contributed by atoms with Gasteiger partial charge in [-0.3, -0.25) is 4.68 Å². The molecule has 114 valence electrons. The van der Waals surface area contributed by atoms with E-state index in [4.69, 9.17) is 11.6 Å². The van der Waals surface area contributed by atoms with Crippen molar-refractivity contribution < 1.29 is 0 Å². The van der Waals surface area contributed by atoms with Crippen molar-refractivity contribution in [2.24, 2.45) is 18.4 Å². The van der Waals surface area contributed by atoms with Crippen molar-refractivity contribution in [3.05, 3.63) is 16.4 Å². The summed E-state index contributed by atoms with van der Waals surface area (Å²) in [4.78, 5) is 0. The number of hydrogen-bond acceptors (Lipinski definition) is 2. The molecule has 0 aromatic carbocycles. The third-order valence-corrected chi connectivity index (χ3v) is 5.61. The Balaban J connectivity index is 2.20. The highest BCUT2D eigenvalue weighted by molar-refractivity contribution is 6.31. The monoisotopic (exact) mass is 297 g/mol. The van der Waals surface area contributed by atoms with Gasteiger partial charge in [-0.2, -0.15) is 5.10 Å².